The maximum atomic E-state index is 13.5. The lowest BCUT2D eigenvalue weighted by Crippen LogP contribution is -2.35. The molecule has 1 aliphatic carbocycles. The first-order chi connectivity index (χ1) is 10.2. The highest BCUT2D eigenvalue weighted by Gasteiger charge is 2.29. The predicted molar refractivity (Wildman–Crippen MR) is 86.4 cm³/mol. The van der Waals surface area contributed by atoms with Crippen LogP contribution in [0.15, 0.2) is 18.2 Å². The summed E-state index contributed by atoms with van der Waals surface area (Å²) in [5, 5.41) is 0.590. The lowest BCUT2D eigenvalue weighted by molar-refractivity contribution is 0.213. The lowest BCUT2D eigenvalue weighted by Gasteiger charge is -2.34. The molecule has 1 atom stereocenters. The number of rotatable bonds is 6. The van der Waals surface area contributed by atoms with Gasteiger partial charge in [0.1, 0.15) is 5.82 Å². The largest absolute Gasteiger partial charge is 0.271 e. The zero-order chi connectivity index (χ0) is 15.2. The van der Waals surface area contributed by atoms with E-state index in [9.17, 15) is 4.39 Å². The fourth-order valence-corrected chi connectivity index (χ4v) is 3.77. The van der Waals surface area contributed by atoms with E-state index < -0.39 is 0 Å². The summed E-state index contributed by atoms with van der Waals surface area (Å²) in [6.45, 7) is 2.24. The van der Waals surface area contributed by atoms with Crippen LogP contribution < -0.4 is 11.3 Å². The third-order valence-electron chi connectivity index (χ3n) is 4.80. The fraction of sp³-hybridized carbons (Fsp3) is 0.647. The molecule has 1 saturated carbocycles. The van der Waals surface area contributed by atoms with Crippen LogP contribution in [0.1, 0.15) is 63.5 Å². The summed E-state index contributed by atoms with van der Waals surface area (Å²) < 4.78 is 13.5. The second-order valence-electron chi connectivity index (χ2n) is 6.23. The quantitative estimate of drug-likeness (QED) is 0.574. The number of halogens is 2. The summed E-state index contributed by atoms with van der Waals surface area (Å²) in [5.41, 5.74) is 3.65. The molecular weight excluding hydrogens is 287 g/mol. The van der Waals surface area contributed by atoms with Crippen molar-refractivity contribution in [3.63, 3.8) is 0 Å². The number of nitrogens with one attached hydrogen (secondary N) is 1. The van der Waals surface area contributed by atoms with E-state index in [1.165, 1.54) is 44.2 Å². The van der Waals surface area contributed by atoms with Gasteiger partial charge in [0, 0.05) is 5.02 Å². The summed E-state index contributed by atoms with van der Waals surface area (Å²) in [6.07, 6.45) is 8.69. The Balaban J connectivity index is 2.01. The van der Waals surface area contributed by atoms with Gasteiger partial charge in [-0.05, 0) is 48.4 Å². The van der Waals surface area contributed by atoms with Crippen molar-refractivity contribution in [1.82, 2.24) is 5.43 Å². The van der Waals surface area contributed by atoms with E-state index in [0.29, 0.717) is 10.9 Å². The van der Waals surface area contributed by atoms with Crippen molar-refractivity contribution in [1.29, 1.82) is 0 Å². The minimum absolute atomic E-state index is 0.0553. The molecule has 1 aromatic carbocycles. The molecule has 1 fully saturated rings. The van der Waals surface area contributed by atoms with Crippen LogP contribution in [0.25, 0.3) is 0 Å². The van der Waals surface area contributed by atoms with Gasteiger partial charge >= 0.3 is 0 Å². The highest BCUT2D eigenvalue weighted by Crippen LogP contribution is 2.40. The average Bonchev–Trinajstić information content (AvgIpc) is 2.50. The molecule has 0 heterocycles. The van der Waals surface area contributed by atoms with Crippen LogP contribution in [-0.2, 0) is 0 Å². The smallest absolute Gasteiger partial charge is 0.123 e. The Hall–Kier alpha value is -0.640. The van der Waals surface area contributed by atoms with E-state index >= 15 is 0 Å². The van der Waals surface area contributed by atoms with Gasteiger partial charge in [0.15, 0.2) is 0 Å². The SMILES string of the molecule is CCCCC1CCC(C(NN)c2cc(F)ccc2Cl)CC1. The maximum Gasteiger partial charge on any atom is 0.123 e. The molecule has 0 saturated heterocycles. The molecule has 0 radical (unpaired) electrons. The molecule has 0 aliphatic heterocycles. The van der Waals surface area contributed by atoms with Crippen LogP contribution in [-0.4, -0.2) is 0 Å². The fourth-order valence-electron chi connectivity index (χ4n) is 3.54. The zero-order valence-electron chi connectivity index (χ0n) is 12.7. The van der Waals surface area contributed by atoms with Crippen LogP contribution in [0, 0.1) is 17.7 Å². The van der Waals surface area contributed by atoms with Gasteiger partial charge in [-0.3, -0.25) is 11.3 Å². The van der Waals surface area contributed by atoms with E-state index in [4.69, 9.17) is 17.4 Å². The van der Waals surface area contributed by atoms with Crippen molar-refractivity contribution in [3.05, 3.63) is 34.6 Å². The molecule has 1 aromatic rings. The Morgan fingerprint density at radius 2 is 2.05 bits per heavy atom. The minimum Gasteiger partial charge on any atom is -0.271 e. The standard InChI is InChI=1S/C17H26ClFN2/c1-2-3-4-12-5-7-13(8-6-12)17(21-20)15-11-14(19)9-10-16(15)18/h9-13,17,21H,2-8,20H2,1H3. The first-order valence-corrected chi connectivity index (χ1v) is 8.44. The molecule has 2 rings (SSSR count). The van der Waals surface area contributed by atoms with Gasteiger partial charge in [0.05, 0.1) is 6.04 Å². The molecule has 2 nitrogen and oxygen atoms in total. The monoisotopic (exact) mass is 312 g/mol. The summed E-state index contributed by atoms with van der Waals surface area (Å²) in [5.74, 6) is 6.77. The molecule has 0 bridgehead atoms. The average molecular weight is 313 g/mol. The highest BCUT2D eigenvalue weighted by atomic mass is 35.5. The lowest BCUT2D eigenvalue weighted by atomic mass is 9.75. The van der Waals surface area contributed by atoms with E-state index in [1.807, 2.05) is 0 Å². The molecule has 1 unspecified atom stereocenters. The second kappa shape index (κ2) is 8.11. The number of hydrogen-bond acceptors (Lipinski definition) is 2. The van der Waals surface area contributed by atoms with Gasteiger partial charge in [0.25, 0.3) is 0 Å². The van der Waals surface area contributed by atoms with E-state index in [2.05, 4.69) is 12.3 Å². The number of nitrogens with two attached hydrogens (primary N) is 1. The van der Waals surface area contributed by atoms with Gasteiger partial charge in [0.2, 0.25) is 0 Å². The Morgan fingerprint density at radius 1 is 1.33 bits per heavy atom. The van der Waals surface area contributed by atoms with Gasteiger partial charge in [-0.25, -0.2) is 4.39 Å². The Bertz CT molecular complexity index is 444. The van der Waals surface area contributed by atoms with Gasteiger partial charge in [-0.2, -0.15) is 0 Å². The molecule has 4 heteroatoms. The van der Waals surface area contributed by atoms with Crippen LogP contribution >= 0.6 is 11.6 Å². The normalized spacial score (nSPS) is 24.0. The van der Waals surface area contributed by atoms with Crippen molar-refractivity contribution >= 4 is 11.6 Å². The van der Waals surface area contributed by atoms with Crippen molar-refractivity contribution < 1.29 is 4.39 Å². The molecule has 0 aromatic heterocycles. The summed E-state index contributed by atoms with van der Waals surface area (Å²) in [7, 11) is 0. The van der Waals surface area contributed by atoms with Crippen LogP contribution in [0.4, 0.5) is 4.39 Å². The van der Waals surface area contributed by atoms with E-state index in [1.54, 1.807) is 6.07 Å². The topological polar surface area (TPSA) is 38.0 Å². The number of benzene rings is 1. The van der Waals surface area contributed by atoms with Crippen LogP contribution in [0.2, 0.25) is 5.02 Å². The first kappa shape index (κ1) is 16.7. The van der Waals surface area contributed by atoms with Crippen molar-refractivity contribution in [2.75, 3.05) is 0 Å². The third kappa shape index (κ3) is 4.41. The molecular formula is C17H26ClFN2. The maximum absolute atomic E-state index is 13.5. The van der Waals surface area contributed by atoms with Crippen molar-refractivity contribution in [2.45, 2.75) is 57.9 Å². The van der Waals surface area contributed by atoms with Gasteiger partial charge in [-0.1, -0.05) is 50.6 Å². The molecule has 118 valence electrons. The zero-order valence-corrected chi connectivity index (χ0v) is 13.5. The number of unbranched alkanes of at least 4 members (excludes halogenated alkanes) is 1. The number of hydrogen-bond donors (Lipinski definition) is 2. The predicted octanol–water partition coefficient (Wildman–Crippen LogP) is 4.98. The number of hydrazine groups is 1. The molecule has 0 spiro atoms. The van der Waals surface area contributed by atoms with Gasteiger partial charge < -0.3 is 0 Å². The van der Waals surface area contributed by atoms with Crippen LogP contribution in [0.3, 0.4) is 0 Å². The Labute approximate surface area is 132 Å². The Kier molecular flexibility index (Phi) is 6.46. The molecule has 0 amide bonds. The van der Waals surface area contributed by atoms with Crippen LogP contribution in [0.5, 0.6) is 0 Å². The molecule has 1 aliphatic rings. The summed E-state index contributed by atoms with van der Waals surface area (Å²) >= 11 is 6.22. The van der Waals surface area contributed by atoms with E-state index in [0.717, 1.165) is 24.3 Å². The van der Waals surface area contributed by atoms with E-state index in [-0.39, 0.29) is 11.9 Å². The third-order valence-corrected chi connectivity index (χ3v) is 5.15. The molecule has 21 heavy (non-hydrogen) atoms. The highest BCUT2D eigenvalue weighted by molar-refractivity contribution is 6.31. The first-order valence-electron chi connectivity index (χ1n) is 8.06. The summed E-state index contributed by atoms with van der Waals surface area (Å²) in [6, 6.07) is 4.46. The van der Waals surface area contributed by atoms with Crippen molar-refractivity contribution in [3.8, 4) is 0 Å². The second-order valence-corrected chi connectivity index (χ2v) is 6.64. The van der Waals surface area contributed by atoms with Crippen molar-refractivity contribution in [2.24, 2.45) is 17.7 Å². The Morgan fingerprint density at radius 3 is 2.67 bits per heavy atom. The minimum atomic E-state index is -0.258. The van der Waals surface area contributed by atoms with Gasteiger partial charge in [-0.15, -0.1) is 0 Å². The summed E-state index contributed by atoms with van der Waals surface area (Å²) in [4.78, 5) is 0. The molecule has 3 N–H and O–H groups in total.